The van der Waals surface area contributed by atoms with Gasteiger partial charge in [0.05, 0.1) is 37.7 Å². The van der Waals surface area contributed by atoms with E-state index in [1.165, 1.54) is 17.4 Å². The van der Waals surface area contributed by atoms with Gasteiger partial charge in [0, 0.05) is 10.3 Å². The lowest BCUT2D eigenvalue weighted by Crippen LogP contribution is -2.23. The van der Waals surface area contributed by atoms with Crippen LogP contribution in [0, 0.1) is 6.92 Å². The van der Waals surface area contributed by atoms with Gasteiger partial charge >= 0.3 is 0 Å². The van der Waals surface area contributed by atoms with Crippen LogP contribution in [0.25, 0.3) is 10.6 Å². The van der Waals surface area contributed by atoms with E-state index in [0.717, 1.165) is 26.5 Å². The summed E-state index contributed by atoms with van der Waals surface area (Å²) in [5, 5.41) is 10.7. The van der Waals surface area contributed by atoms with E-state index in [9.17, 15) is 13.2 Å². The third kappa shape index (κ3) is 4.68. The molecule has 0 aliphatic rings. The van der Waals surface area contributed by atoms with Crippen molar-refractivity contribution >= 4 is 61.8 Å². The van der Waals surface area contributed by atoms with Gasteiger partial charge in [0.15, 0.2) is 0 Å². The van der Waals surface area contributed by atoms with Gasteiger partial charge in [0.25, 0.3) is 5.91 Å². The van der Waals surface area contributed by atoms with Gasteiger partial charge < -0.3 is 5.32 Å². The number of benzene rings is 1. The van der Waals surface area contributed by atoms with Crippen molar-refractivity contribution in [1.82, 2.24) is 10.3 Å². The van der Waals surface area contributed by atoms with E-state index in [-0.39, 0.29) is 27.0 Å². The lowest BCUT2D eigenvalue weighted by Gasteiger charge is -2.09. The number of sulfonamides is 1. The summed E-state index contributed by atoms with van der Waals surface area (Å²) in [6, 6.07) is 6.10. The number of nitrogens with one attached hydrogen (secondary N) is 1. The van der Waals surface area contributed by atoms with Crippen LogP contribution in [-0.4, -0.2) is 19.3 Å². The highest BCUT2D eigenvalue weighted by Crippen LogP contribution is 2.30. The van der Waals surface area contributed by atoms with Crippen molar-refractivity contribution in [2.45, 2.75) is 18.4 Å². The molecule has 0 atom stereocenters. The average Bonchev–Trinajstić information content (AvgIpc) is 3.20. The van der Waals surface area contributed by atoms with E-state index in [0.29, 0.717) is 0 Å². The molecule has 0 spiro atoms. The summed E-state index contributed by atoms with van der Waals surface area (Å²) >= 11 is 15.0. The molecule has 0 radical (unpaired) electrons. The van der Waals surface area contributed by atoms with Crippen LogP contribution in [0.4, 0.5) is 0 Å². The molecule has 0 aliphatic carbocycles. The molecular weight excluding hydrogens is 449 g/mol. The average molecular weight is 462 g/mol. The fourth-order valence-corrected chi connectivity index (χ4v) is 5.27. The quantitative estimate of drug-likeness (QED) is 0.597. The van der Waals surface area contributed by atoms with Gasteiger partial charge in [-0.25, -0.2) is 18.5 Å². The second-order valence-electron chi connectivity index (χ2n) is 5.51. The van der Waals surface area contributed by atoms with Crippen molar-refractivity contribution in [2.24, 2.45) is 5.14 Å². The van der Waals surface area contributed by atoms with Gasteiger partial charge in [-0.2, -0.15) is 0 Å². The molecule has 3 aromatic rings. The first-order chi connectivity index (χ1) is 12.6. The molecule has 6 nitrogen and oxygen atoms in total. The summed E-state index contributed by atoms with van der Waals surface area (Å²) in [4.78, 5) is 18.4. The number of hydrogen-bond donors (Lipinski definition) is 2. The monoisotopic (exact) mass is 461 g/mol. The van der Waals surface area contributed by atoms with Crippen molar-refractivity contribution < 1.29 is 13.2 Å². The number of rotatable bonds is 5. The smallest absolute Gasteiger partial charge is 0.253 e. The number of aryl methyl sites for hydroxylation is 1. The first-order valence-corrected chi connectivity index (χ1v) is 11.5. The highest BCUT2D eigenvalue weighted by molar-refractivity contribution is 7.89. The Morgan fingerprint density at radius 2 is 2.00 bits per heavy atom. The molecule has 3 N–H and O–H groups in total. The Hall–Kier alpha value is -1.49. The Labute approximate surface area is 174 Å². The van der Waals surface area contributed by atoms with Gasteiger partial charge in [-0.3, -0.25) is 4.79 Å². The van der Waals surface area contributed by atoms with Crippen LogP contribution in [0.2, 0.25) is 10.0 Å². The molecule has 2 aromatic heterocycles. The van der Waals surface area contributed by atoms with E-state index < -0.39 is 15.9 Å². The zero-order valence-electron chi connectivity index (χ0n) is 13.8. The Bertz CT molecular complexity index is 1120. The molecule has 1 aromatic carbocycles. The van der Waals surface area contributed by atoms with Crippen molar-refractivity contribution in [3.63, 3.8) is 0 Å². The van der Waals surface area contributed by atoms with Crippen LogP contribution >= 0.6 is 45.9 Å². The minimum absolute atomic E-state index is 0.0167. The van der Waals surface area contributed by atoms with Gasteiger partial charge in [0.1, 0.15) is 4.90 Å². The Morgan fingerprint density at radius 3 is 2.63 bits per heavy atom. The minimum atomic E-state index is -4.07. The molecule has 27 heavy (non-hydrogen) atoms. The number of halogens is 2. The fraction of sp³-hybridized carbons (Fsp3) is 0.125. The first-order valence-electron chi connectivity index (χ1n) is 7.46. The standard InChI is InChI=1S/C16H13Cl2N3O3S3/c1-8-21-13(7-25-8)14-3-2-9(26-14)6-20-16(22)10-4-15(27(19,23)24)12(18)5-11(10)17/h2-5,7H,6H2,1H3,(H,20,22)(H2,19,23,24). The largest absolute Gasteiger partial charge is 0.347 e. The first kappa shape index (κ1) is 20.2. The second-order valence-corrected chi connectivity index (χ2v) is 10.1. The van der Waals surface area contributed by atoms with E-state index in [1.807, 2.05) is 24.4 Å². The Kier molecular flexibility index (Phi) is 5.90. The number of hydrogen-bond acceptors (Lipinski definition) is 6. The molecule has 0 unspecified atom stereocenters. The third-order valence-corrected chi connectivity index (χ3v) is 7.10. The van der Waals surface area contributed by atoms with Gasteiger partial charge in [-0.05, 0) is 31.2 Å². The summed E-state index contributed by atoms with van der Waals surface area (Å²) in [6.07, 6.45) is 0. The number of carbonyl (C=O) groups excluding carboxylic acids is 1. The number of aromatic nitrogens is 1. The van der Waals surface area contributed by atoms with Gasteiger partial charge in [-0.15, -0.1) is 22.7 Å². The topological polar surface area (TPSA) is 102 Å². The van der Waals surface area contributed by atoms with Gasteiger partial charge in [0.2, 0.25) is 10.0 Å². The Morgan fingerprint density at radius 1 is 1.26 bits per heavy atom. The van der Waals surface area contributed by atoms with Crippen LogP contribution in [0.3, 0.4) is 0 Å². The molecule has 0 bridgehead atoms. The number of thiazole rings is 1. The number of carbonyl (C=O) groups is 1. The predicted octanol–water partition coefficient (Wildman–Crippen LogP) is 4.06. The second kappa shape index (κ2) is 7.86. The zero-order chi connectivity index (χ0) is 19.8. The van der Waals surface area contributed by atoms with Crippen LogP contribution in [0.1, 0.15) is 20.2 Å². The van der Waals surface area contributed by atoms with Crippen LogP contribution in [0.15, 0.2) is 34.5 Å². The summed E-state index contributed by atoms with van der Waals surface area (Å²) in [6.45, 7) is 2.20. The number of amides is 1. The lowest BCUT2D eigenvalue weighted by atomic mass is 10.2. The molecule has 2 heterocycles. The zero-order valence-corrected chi connectivity index (χ0v) is 17.8. The summed E-state index contributed by atoms with van der Waals surface area (Å²) in [7, 11) is -4.07. The maximum Gasteiger partial charge on any atom is 0.253 e. The van der Waals surface area contributed by atoms with E-state index >= 15 is 0 Å². The van der Waals surface area contributed by atoms with Crippen LogP contribution < -0.4 is 10.5 Å². The molecule has 0 saturated carbocycles. The highest BCUT2D eigenvalue weighted by Gasteiger charge is 2.20. The van der Waals surface area contributed by atoms with Crippen LogP contribution in [0.5, 0.6) is 0 Å². The van der Waals surface area contributed by atoms with Crippen molar-refractivity contribution in [2.75, 3.05) is 0 Å². The number of primary sulfonamides is 1. The lowest BCUT2D eigenvalue weighted by molar-refractivity contribution is 0.0951. The van der Waals surface area contributed by atoms with Crippen molar-refractivity contribution in [3.8, 4) is 10.6 Å². The summed E-state index contributed by atoms with van der Waals surface area (Å²) in [5.74, 6) is -0.527. The molecular formula is C16H13Cl2N3O3S3. The molecule has 0 fully saturated rings. The minimum Gasteiger partial charge on any atom is -0.347 e. The molecule has 0 aliphatic heterocycles. The maximum absolute atomic E-state index is 12.4. The van der Waals surface area contributed by atoms with E-state index in [2.05, 4.69) is 10.3 Å². The normalized spacial score (nSPS) is 11.6. The van der Waals surface area contributed by atoms with Gasteiger partial charge in [-0.1, -0.05) is 23.2 Å². The highest BCUT2D eigenvalue weighted by atomic mass is 35.5. The number of thiophene rings is 1. The molecule has 142 valence electrons. The molecule has 3 rings (SSSR count). The summed E-state index contributed by atoms with van der Waals surface area (Å²) in [5.41, 5.74) is 0.885. The number of nitrogens with two attached hydrogens (primary N) is 1. The SMILES string of the molecule is Cc1nc(-c2ccc(CNC(=O)c3cc(S(N)(=O)=O)c(Cl)cc3Cl)s2)cs1. The summed E-state index contributed by atoms with van der Waals surface area (Å²) < 4.78 is 23.1. The molecule has 1 amide bonds. The van der Waals surface area contributed by atoms with E-state index in [4.69, 9.17) is 28.3 Å². The maximum atomic E-state index is 12.4. The molecule has 11 heteroatoms. The molecule has 0 saturated heterocycles. The predicted molar refractivity (Wildman–Crippen MR) is 109 cm³/mol. The van der Waals surface area contributed by atoms with Crippen molar-refractivity contribution in [1.29, 1.82) is 0 Å². The van der Waals surface area contributed by atoms with E-state index in [1.54, 1.807) is 11.3 Å². The Balaban J connectivity index is 1.76. The van der Waals surface area contributed by atoms with Crippen LogP contribution in [-0.2, 0) is 16.6 Å². The third-order valence-electron chi connectivity index (χ3n) is 3.53. The number of nitrogens with zero attached hydrogens (tertiary/aromatic N) is 1. The fourth-order valence-electron chi connectivity index (χ4n) is 2.27. The van der Waals surface area contributed by atoms with Crippen molar-refractivity contribution in [3.05, 3.63) is 55.1 Å².